The van der Waals surface area contributed by atoms with E-state index < -0.39 is 54.1 Å². The molecule has 3 aromatic carbocycles. The molecule has 32 heteroatoms. The Hall–Kier alpha value is -9.12. The lowest BCUT2D eigenvalue weighted by atomic mass is 9.83. The molecule has 9 amide bonds. The van der Waals surface area contributed by atoms with E-state index in [1.165, 1.54) is 81.6 Å². The van der Waals surface area contributed by atoms with Crippen LogP contribution in [0.4, 0.5) is 21.9 Å². The van der Waals surface area contributed by atoms with Gasteiger partial charge in [-0.05, 0) is 107 Å². The summed E-state index contributed by atoms with van der Waals surface area (Å²) in [5.74, 6) is -1.54. The van der Waals surface area contributed by atoms with Crippen LogP contribution in [0.15, 0.2) is 77.1 Å². The summed E-state index contributed by atoms with van der Waals surface area (Å²) >= 11 is 0. The van der Waals surface area contributed by atoms with Gasteiger partial charge in [0, 0.05) is 68.8 Å². The van der Waals surface area contributed by atoms with Crippen molar-refractivity contribution >= 4 is 76.6 Å². The van der Waals surface area contributed by atoms with Gasteiger partial charge in [-0.2, -0.15) is 0 Å². The predicted octanol–water partition coefficient (Wildman–Crippen LogP) is 9.28. The second-order valence-electron chi connectivity index (χ2n) is 30.6. The van der Waals surface area contributed by atoms with E-state index in [2.05, 4.69) is 26.3 Å². The number of methoxy groups -OCH3 is 2. The van der Waals surface area contributed by atoms with E-state index in [1.54, 1.807) is 67.6 Å². The van der Waals surface area contributed by atoms with Crippen LogP contribution >= 0.6 is 0 Å². The van der Waals surface area contributed by atoms with Gasteiger partial charge in [0.05, 0.1) is 174 Å². The number of unbranched alkanes of at least 4 members (excludes halogenated alkanes) is 2. The molecular formula is C86H123N9O23. The number of likely N-dealkylation sites (tertiary alicyclic amines) is 1. The minimum atomic E-state index is -1.53. The van der Waals surface area contributed by atoms with Crippen LogP contribution in [0.3, 0.4) is 0 Å². The summed E-state index contributed by atoms with van der Waals surface area (Å²) in [6.45, 7) is 15.1. The summed E-state index contributed by atoms with van der Waals surface area (Å²) in [4.78, 5) is 130. The zero-order chi connectivity index (χ0) is 84.1. The number of anilines is 2. The Morgan fingerprint density at radius 1 is 0.551 bits per heavy atom. The Labute approximate surface area is 692 Å². The quantitative estimate of drug-likeness (QED) is 0.0259. The fourth-order valence-electron chi connectivity index (χ4n) is 14.8. The Kier molecular flexibility index (Phi) is 38.9. The molecule has 3 aromatic rings. The van der Waals surface area contributed by atoms with E-state index in [9.17, 15) is 48.3 Å². The van der Waals surface area contributed by atoms with Crippen LogP contribution in [0.25, 0.3) is 0 Å². The minimum absolute atomic E-state index is 0.0136. The fourth-order valence-corrected chi connectivity index (χ4v) is 14.8. The molecular weight excluding hydrogens is 1530 g/mol. The second kappa shape index (κ2) is 49.4. The van der Waals surface area contributed by atoms with E-state index in [0.29, 0.717) is 159 Å². The number of nitrogens with one attached hydrogen (secondary N) is 4. The van der Waals surface area contributed by atoms with E-state index in [4.69, 9.17) is 61.6 Å². The van der Waals surface area contributed by atoms with Gasteiger partial charge in [-0.25, -0.2) is 9.69 Å². The standard InChI is InChI=1S/C86H123N9O23/c1-58(2)79(91-77(97)26-31-108-33-35-110-37-39-112-41-43-114-45-46-115-44-42-113-40-38-111-36-34-109-32-27-87-76(96)25-28-92-78(98)51-66(82(92)101)63-19-15-12-10-8-9-11-13-16-20-63)81(100)89-61(5)80(99)90-64-23-21-62(22-24-64)57-118-86(105)95-70-53-75(73(107-7)50-68(70)84(103)94-56-60(4)48-71(94)85(95)104)117-30-18-14-17-29-116-74-52-69-67(49-72(74)106-6)83(102)93-55-59(3)47-65(93)54-88-69/h21-24,49-50,52-56,58,61,63,65-66,71,79,85,104H,8-20,25-48,51,57H2,1-7H3,(H,87,96)(H,89,100)(H,90,99)(H,91,97)/t61-,65-,66?,71-,79-,85-/m0/s1. The second-order valence-corrected chi connectivity index (χ2v) is 30.6. The highest BCUT2D eigenvalue weighted by atomic mass is 16.6. The third-order valence-electron chi connectivity index (χ3n) is 21.3. The maximum absolute atomic E-state index is 14.3. The van der Waals surface area contributed by atoms with Gasteiger partial charge in [-0.3, -0.25) is 48.2 Å². The van der Waals surface area contributed by atoms with Crippen LogP contribution in [0.1, 0.15) is 176 Å². The van der Waals surface area contributed by atoms with Gasteiger partial charge in [-0.1, -0.05) is 88.5 Å². The normalized spacial score (nSPS) is 18.8. The average Bonchev–Trinajstić information content (AvgIpc) is 1.59. The van der Waals surface area contributed by atoms with Gasteiger partial charge >= 0.3 is 6.09 Å². The number of aliphatic imine (C=N–C) groups is 1. The third kappa shape index (κ3) is 28.5. The molecule has 5 aliphatic heterocycles. The van der Waals surface area contributed by atoms with Crippen molar-refractivity contribution in [2.75, 3.05) is 156 Å². The molecule has 6 aliphatic rings. The molecule has 1 aliphatic carbocycles. The Bertz CT molecular complexity index is 3860. The lowest BCUT2D eigenvalue weighted by Crippen LogP contribution is -2.53. The number of fused-ring (bicyclic) bond motifs is 4. The van der Waals surface area contributed by atoms with E-state index in [-0.39, 0.29) is 129 Å². The molecule has 0 spiro atoms. The first-order chi connectivity index (χ1) is 57.2. The lowest BCUT2D eigenvalue weighted by Gasteiger charge is -2.31. The zero-order valence-corrected chi connectivity index (χ0v) is 69.7. The van der Waals surface area contributed by atoms with Crippen molar-refractivity contribution in [1.82, 2.24) is 30.7 Å². The number of hydrogen-bond acceptors (Lipinski definition) is 24. The number of hydrogen-bond donors (Lipinski definition) is 5. The molecule has 1 unspecified atom stereocenters. The summed E-state index contributed by atoms with van der Waals surface area (Å²) in [5.41, 5.74) is 3.92. The summed E-state index contributed by atoms with van der Waals surface area (Å²) in [5, 5.41) is 23.0. The number of amides is 9. The summed E-state index contributed by atoms with van der Waals surface area (Å²) in [7, 11) is 2.96. The van der Waals surface area contributed by atoms with Crippen molar-refractivity contribution in [3.63, 3.8) is 0 Å². The van der Waals surface area contributed by atoms with Crippen molar-refractivity contribution in [3.8, 4) is 23.0 Å². The number of imide groups is 1. The predicted molar refractivity (Wildman–Crippen MR) is 437 cm³/mol. The van der Waals surface area contributed by atoms with Crippen molar-refractivity contribution in [1.29, 1.82) is 0 Å². The molecule has 32 nitrogen and oxygen atoms in total. The molecule has 118 heavy (non-hydrogen) atoms. The molecule has 5 heterocycles. The number of ether oxygens (including phenoxy) is 13. The molecule has 1 saturated heterocycles. The van der Waals surface area contributed by atoms with Crippen LogP contribution in [-0.2, 0) is 78.0 Å². The first-order valence-electron chi connectivity index (χ1n) is 41.8. The molecule has 650 valence electrons. The van der Waals surface area contributed by atoms with Crippen LogP contribution in [0, 0.1) is 17.8 Å². The van der Waals surface area contributed by atoms with Crippen LogP contribution in [-0.4, -0.2) is 256 Å². The van der Waals surface area contributed by atoms with Crippen molar-refractivity contribution in [2.24, 2.45) is 22.7 Å². The molecule has 2 fully saturated rings. The highest BCUT2D eigenvalue weighted by molar-refractivity contribution is 6.07. The van der Waals surface area contributed by atoms with Crippen molar-refractivity contribution < 1.29 is 110 Å². The summed E-state index contributed by atoms with van der Waals surface area (Å²) in [6.07, 6.45) is 17.7. The van der Waals surface area contributed by atoms with Gasteiger partial charge in [0.1, 0.15) is 18.7 Å². The number of carbonyl (C=O) groups excluding carboxylic acids is 9. The van der Waals surface area contributed by atoms with Crippen LogP contribution in [0.2, 0.25) is 0 Å². The number of benzene rings is 3. The number of aliphatic hydroxyl groups is 1. The number of aliphatic hydroxyl groups excluding tert-OH is 1. The van der Waals surface area contributed by atoms with Gasteiger partial charge in [-0.15, -0.1) is 0 Å². The van der Waals surface area contributed by atoms with Gasteiger partial charge < -0.3 is 97.8 Å². The van der Waals surface area contributed by atoms with Crippen LogP contribution < -0.4 is 45.1 Å². The molecule has 0 radical (unpaired) electrons. The number of nitrogens with zero attached hydrogens (tertiary/aromatic N) is 5. The third-order valence-corrected chi connectivity index (χ3v) is 21.3. The highest BCUT2D eigenvalue weighted by Gasteiger charge is 2.46. The average molecular weight is 1650 g/mol. The number of rotatable bonds is 49. The molecule has 0 bridgehead atoms. The molecule has 6 atom stereocenters. The zero-order valence-electron chi connectivity index (χ0n) is 69.7. The Balaban J connectivity index is 0.564. The maximum atomic E-state index is 14.3. The smallest absolute Gasteiger partial charge is 0.416 e. The van der Waals surface area contributed by atoms with E-state index in [1.807, 2.05) is 20.0 Å². The first-order valence-corrected chi connectivity index (χ1v) is 41.8. The monoisotopic (exact) mass is 1650 g/mol. The SMILES string of the molecule is COc1cc2c(cc1OCCCCCOc1cc3c(cc1OC)C(=O)N1C=C(C)C[C@H]1[C@H](O)N3C(=O)OCc1ccc(NC(=O)[C@H](C)NC(=O)[C@@H](NC(=O)CCOCCOCCOCCOCCOCCOCCOCCOCCNC(=O)CCN3C(=O)CC(C4CCCCCCCCCC4)C3=O)C(C)C)cc1)N=C[C@@H]1CC(C)=CN1C2=O. The van der Waals surface area contributed by atoms with Crippen molar-refractivity contribution in [3.05, 3.63) is 88.8 Å². The highest BCUT2D eigenvalue weighted by Crippen LogP contribution is 2.44. The van der Waals surface area contributed by atoms with Crippen molar-refractivity contribution in [2.45, 2.75) is 187 Å². The summed E-state index contributed by atoms with van der Waals surface area (Å²) in [6, 6.07) is 9.95. The Morgan fingerprint density at radius 2 is 1.08 bits per heavy atom. The topological polar surface area (TPSA) is 367 Å². The lowest BCUT2D eigenvalue weighted by molar-refractivity contribution is -0.140. The largest absolute Gasteiger partial charge is 0.493 e. The summed E-state index contributed by atoms with van der Waals surface area (Å²) < 4.78 is 74.0. The molecule has 5 N–H and O–H groups in total. The molecule has 9 rings (SSSR count). The minimum Gasteiger partial charge on any atom is -0.493 e. The Morgan fingerprint density at radius 3 is 1.65 bits per heavy atom. The van der Waals surface area contributed by atoms with Gasteiger partial charge in [0.25, 0.3) is 11.8 Å². The van der Waals surface area contributed by atoms with E-state index >= 15 is 0 Å². The first kappa shape index (κ1) is 92.8. The van der Waals surface area contributed by atoms with Crippen LogP contribution in [0.5, 0.6) is 23.0 Å². The van der Waals surface area contributed by atoms with Gasteiger partial charge in [0.2, 0.25) is 35.4 Å². The number of carbonyl (C=O) groups is 9. The van der Waals surface area contributed by atoms with Gasteiger partial charge in [0.15, 0.2) is 29.2 Å². The maximum Gasteiger partial charge on any atom is 0.416 e. The molecule has 0 aromatic heterocycles. The van der Waals surface area contributed by atoms with E-state index in [0.717, 1.165) is 48.2 Å². The fraction of sp³-hybridized carbons (Fsp3) is 0.628. The molecule has 1 saturated carbocycles.